The van der Waals surface area contributed by atoms with E-state index in [9.17, 15) is 14.7 Å². The van der Waals surface area contributed by atoms with Crippen molar-refractivity contribution in [1.29, 1.82) is 0 Å². The van der Waals surface area contributed by atoms with E-state index >= 15 is 0 Å². The van der Waals surface area contributed by atoms with Crippen LogP contribution in [-0.4, -0.2) is 55.5 Å². The normalized spacial score (nSPS) is 25.8. The summed E-state index contributed by atoms with van der Waals surface area (Å²) in [6.45, 7) is 2.14. The maximum atomic E-state index is 12.3. The number of hydrogen-bond acceptors (Lipinski definition) is 5. The molecule has 2 aliphatic heterocycles. The number of benzene rings is 1. The fourth-order valence-electron chi connectivity index (χ4n) is 3.20. The van der Waals surface area contributed by atoms with Crippen LogP contribution in [0.3, 0.4) is 0 Å². The second-order valence-electron chi connectivity index (χ2n) is 6.33. The molecule has 2 fully saturated rings. The molecular formula is C17H24ClN3O3S. The van der Waals surface area contributed by atoms with E-state index in [-0.39, 0.29) is 42.5 Å². The molecule has 2 saturated heterocycles. The Bertz CT molecular complexity index is 614. The van der Waals surface area contributed by atoms with Gasteiger partial charge in [0, 0.05) is 49.1 Å². The molecule has 2 heterocycles. The Hall–Kier alpha value is -1.28. The Kier molecular flexibility index (Phi) is 7.13. The molecule has 6 nitrogen and oxygen atoms in total. The minimum atomic E-state index is -0.415. The van der Waals surface area contributed by atoms with Gasteiger partial charge in [-0.15, -0.1) is 24.2 Å². The van der Waals surface area contributed by atoms with E-state index in [1.165, 1.54) is 0 Å². The molecule has 3 unspecified atom stereocenters. The topological polar surface area (TPSA) is 81.7 Å². The van der Waals surface area contributed by atoms with Gasteiger partial charge in [-0.1, -0.05) is 0 Å². The number of rotatable bonds is 5. The summed E-state index contributed by atoms with van der Waals surface area (Å²) >= 11 is 1.65. The lowest BCUT2D eigenvalue weighted by atomic mass is 10.0. The predicted molar refractivity (Wildman–Crippen MR) is 101 cm³/mol. The highest BCUT2D eigenvalue weighted by molar-refractivity contribution is 7.98. The average molecular weight is 386 g/mol. The van der Waals surface area contributed by atoms with Crippen LogP contribution in [0.1, 0.15) is 6.42 Å². The number of amides is 2. The Labute approximate surface area is 158 Å². The molecule has 1 aromatic rings. The van der Waals surface area contributed by atoms with E-state index < -0.39 is 6.10 Å². The van der Waals surface area contributed by atoms with Gasteiger partial charge in [-0.3, -0.25) is 9.59 Å². The number of aliphatic hydroxyl groups is 1. The summed E-state index contributed by atoms with van der Waals surface area (Å²) in [5, 5.41) is 15.7. The third-order valence-electron chi connectivity index (χ3n) is 4.72. The second-order valence-corrected chi connectivity index (χ2v) is 7.21. The van der Waals surface area contributed by atoms with Crippen LogP contribution in [0.4, 0.5) is 5.69 Å². The Morgan fingerprint density at radius 3 is 2.68 bits per heavy atom. The molecule has 0 aliphatic carbocycles. The van der Waals surface area contributed by atoms with Crippen molar-refractivity contribution in [1.82, 2.24) is 10.6 Å². The highest BCUT2D eigenvalue weighted by Crippen LogP contribution is 2.27. The van der Waals surface area contributed by atoms with Gasteiger partial charge in [0.2, 0.25) is 11.8 Å². The van der Waals surface area contributed by atoms with Gasteiger partial charge in [0.15, 0.2) is 0 Å². The van der Waals surface area contributed by atoms with Crippen LogP contribution in [-0.2, 0) is 9.59 Å². The molecule has 3 rings (SSSR count). The zero-order valence-corrected chi connectivity index (χ0v) is 15.7. The van der Waals surface area contributed by atoms with E-state index in [0.717, 1.165) is 10.6 Å². The van der Waals surface area contributed by atoms with Crippen LogP contribution < -0.4 is 15.5 Å². The minimum absolute atomic E-state index is 0. The lowest BCUT2D eigenvalue weighted by molar-refractivity contribution is -0.126. The first kappa shape index (κ1) is 20.0. The highest BCUT2D eigenvalue weighted by Gasteiger charge is 2.35. The number of anilines is 1. The number of aliphatic hydroxyl groups excluding tert-OH is 1. The van der Waals surface area contributed by atoms with Crippen molar-refractivity contribution in [2.24, 2.45) is 11.8 Å². The summed E-state index contributed by atoms with van der Waals surface area (Å²) in [4.78, 5) is 27.4. The standard InChI is InChI=1S/C17H23N3O3S.ClH/c1-24-14-4-2-13(3-5-14)20-10-11(6-16(20)22)17(23)19-8-12-7-18-9-15(12)21;/h2-5,11-12,15,18,21H,6-10H2,1H3,(H,19,23);1H. The zero-order valence-electron chi connectivity index (χ0n) is 14.1. The van der Waals surface area contributed by atoms with Gasteiger partial charge in [0.1, 0.15) is 0 Å². The number of nitrogens with zero attached hydrogens (tertiary/aromatic N) is 1. The Balaban J connectivity index is 0.00000225. The number of carbonyl (C=O) groups is 2. The zero-order chi connectivity index (χ0) is 17.1. The highest BCUT2D eigenvalue weighted by atomic mass is 35.5. The fraction of sp³-hybridized carbons (Fsp3) is 0.529. The molecule has 2 amide bonds. The first-order valence-electron chi connectivity index (χ1n) is 8.19. The number of carbonyl (C=O) groups excluding carboxylic acids is 2. The van der Waals surface area contributed by atoms with Crippen LogP contribution in [0.5, 0.6) is 0 Å². The van der Waals surface area contributed by atoms with Crippen molar-refractivity contribution in [2.45, 2.75) is 17.4 Å². The molecule has 138 valence electrons. The molecule has 0 spiro atoms. The molecule has 0 saturated carbocycles. The van der Waals surface area contributed by atoms with Crippen molar-refractivity contribution in [3.8, 4) is 0 Å². The van der Waals surface area contributed by atoms with Gasteiger partial charge in [-0.05, 0) is 30.5 Å². The van der Waals surface area contributed by atoms with E-state index in [4.69, 9.17) is 0 Å². The molecule has 0 bridgehead atoms. The van der Waals surface area contributed by atoms with Gasteiger partial charge in [0.25, 0.3) is 0 Å². The van der Waals surface area contributed by atoms with Gasteiger partial charge < -0.3 is 20.6 Å². The number of nitrogens with one attached hydrogen (secondary N) is 2. The molecule has 0 radical (unpaired) electrons. The van der Waals surface area contributed by atoms with Crippen LogP contribution in [0, 0.1) is 11.8 Å². The van der Waals surface area contributed by atoms with Gasteiger partial charge in [0.05, 0.1) is 12.0 Å². The molecule has 1 aromatic carbocycles. The molecule has 2 aliphatic rings. The van der Waals surface area contributed by atoms with Gasteiger partial charge in [-0.2, -0.15) is 0 Å². The summed E-state index contributed by atoms with van der Waals surface area (Å²) in [6.07, 6.45) is 1.83. The monoisotopic (exact) mass is 385 g/mol. The molecular weight excluding hydrogens is 362 g/mol. The molecule has 8 heteroatoms. The lowest BCUT2D eigenvalue weighted by Crippen LogP contribution is -2.38. The largest absolute Gasteiger partial charge is 0.391 e. The van der Waals surface area contributed by atoms with Crippen molar-refractivity contribution < 1.29 is 14.7 Å². The first-order chi connectivity index (χ1) is 11.6. The lowest BCUT2D eigenvalue weighted by Gasteiger charge is -2.18. The van der Waals surface area contributed by atoms with E-state index in [1.807, 2.05) is 30.5 Å². The number of hydrogen-bond donors (Lipinski definition) is 3. The Morgan fingerprint density at radius 2 is 2.08 bits per heavy atom. The summed E-state index contributed by atoms with van der Waals surface area (Å²) in [6, 6.07) is 7.81. The Morgan fingerprint density at radius 1 is 1.36 bits per heavy atom. The molecule has 3 atom stereocenters. The number of halogens is 1. The SMILES string of the molecule is CSc1ccc(N2CC(C(=O)NCC3CNCC3O)CC2=O)cc1.Cl. The van der Waals surface area contributed by atoms with Crippen molar-refractivity contribution in [3.63, 3.8) is 0 Å². The maximum Gasteiger partial charge on any atom is 0.227 e. The average Bonchev–Trinajstić information content (AvgIpc) is 3.18. The van der Waals surface area contributed by atoms with E-state index in [0.29, 0.717) is 26.2 Å². The predicted octanol–water partition coefficient (Wildman–Crippen LogP) is 0.880. The minimum Gasteiger partial charge on any atom is -0.391 e. The maximum absolute atomic E-state index is 12.3. The quantitative estimate of drug-likeness (QED) is 0.655. The molecule has 3 N–H and O–H groups in total. The van der Waals surface area contributed by atoms with Crippen molar-refractivity contribution in [2.75, 3.05) is 37.3 Å². The van der Waals surface area contributed by atoms with Crippen LogP contribution in [0.25, 0.3) is 0 Å². The number of β-amino-alcohol motifs (C(OH)–C–C–N with tert-alkyl or cyclic N) is 1. The smallest absolute Gasteiger partial charge is 0.227 e. The van der Waals surface area contributed by atoms with E-state index in [2.05, 4.69) is 10.6 Å². The number of thioether (sulfide) groups is 1. The first-order valence-corrected chi connectivity index (χ1v) is 9.42. The summed E-state index contributed by atoms with van der Waals surface area (Å²) in [5.41, 5.74) is 0.837. The summed E-state index contributed by atoms with van der Waals surface area (Å²) in [5.74, 6) is -0.411. The fourth-order valence-corrected chi connectivity index (χ4v) is 3.61. The van der Waals surface area contributed by atoms with Crippen molar-refractivity contribution in [3.05, 3.63) is 24.3 Å². The molecule has 0 aromatic heterocycles. The second kappa shape index (κ2) is 8.89. The summed E-state index contributed by atoms with van der Waals surface area (Å²) < 4.78 is 0. The van der Waals surface area contributed by atoms with Gasteiger partial charge in [-0.25, -0.2) is 0 Å². The van der Waals surface area contributed by atoms with Crippen molar-refractivity contribution >= 4 is 41.7 Å². The van der Waals surface area contributed by atoms with Crippen LogP contribution >= 0.6 is 24.2 Å². The van der Waals surface area contributed by atoms with E-state index in [1.54, 1.807) is 16.7 Å². The molecule has 25 heavy (non-hydrogen) atoms. The summed E-state index contributed by atoms with van der Waals surface area (Å²) in [7, 11) is 0. The van der Waals surface area contributed by atoms with Gasteiger partial charge >= 0.3 is 0 Å². The van der Waals surface area contributed by atoms with Crippen LogP contribution in [0.2, 0.25) is 0 Å². The van der Waals surface area contributed by atoms with Crippen LogP contribution in [0.15, 0.2) is 29.2 Å². The third-order valence-corrected chi connectivity index (χ3v) is 5.47. The third kappa shape index (κ3) is 4.67.